The number of hydrogen-bond donors (Lipinski definition) is 4. The number of nitrogen functional groups attached to an aromatic ring is 1. The zero-order valence-electron chi connectivity index (χ0n) is 16.9. The molecule has 1 atom stereocenters. The molecule has 5 N–H and O–H groups in total. The molecule has 11 heteroatoms. The van der Waals surface area contributed by atoms with E-state index in [0.29, 0.717) is 26.9 Å². The van der Waals surface area contributed by atoms with Gasteiger partial charge < -0.3 is 26.0 Å². The van der Waals surface area contributed by atoms with Crippen molar-refractivity contribution in [3.63, 3.8) is 0 Å². The van der Waals surface area contributed by atoms with Crippen molar-refractivity contribution in [1.29, 1.82) is 0 Å². The van der Waals surface area contributed by atoms with Crippen molar-refractivity contribution in [2.45, 2.75) is 25.9 Å². The lowest BCUT2D eigenvalue weighted by Crippen LogP contribution is -2.35. The van der Waals surface area contributed by atoms with Crippen LogP contribution in [0, 0.1) is 0 Å². The van der Waals surface area contributed by atoms with Crippen molar-refractivity contribution in [2.24, 2.45) is 0 Å². The van der Waals surface area contributed by atoms with Crippen molar-refractivity contribution < 1.29 is 25.1 Å². The molecule has 8 nitrogen and oxygen atoms in total. The number of rotatable bonds is 10. The number of hydrogen-bond acceptors (Lipinski definition) is 8. The van der Waals surface area contributed by atoms with E-state index >= 15 is 0 Å². The molecule has 0 aliphatic heterocycles. The van der Waals surface area contributed by atoms with Crippen molar-refractivity contribution in [3.05, 3.63) is 57.6 Å². The van der Waals surface area contributed by atoms with Crippen LogP contribution >= 0.6 is 35.6 Å². The molecule has 0 saturated carbocycles. The smallest absolute Gasteiger partial charge is 0.307 e. The molecule has 0 aliphatic carbocycles. The number of nitrogens with zero attached hydrogens (tertiary/aromatic N) is 2. The molecule has 0 spiro atoms. The Morgan fingerprint density at radius 3 is 2.39 bits per heavy atom. The Kier molecular flexibility index (Phi) is 11.4. The molecule has 0 bridgehead atoms. The summed E-state index contributed by atoms with van der Waals surface area (Å²) in [6.07, 6.45) is -0.136. The van der Waals surface area contributed by atoms with Crippen molar-refractivity contribution in [3.8, 4) is 5.75 Å². The van der Waals surface area contributed by atoms with Gasteiger partial charge in [0.2, 0.25) is 0 Å². The largest absolute Gasteiger partial charge is 0.508 e. The van der Waals surface area contributed by atoms with Gasteiger partial charge in [0.15, 0.2) is 0 Å². The Balaban J connectivity index is 0.00000480. The zero-order valence-corrected chi connectivity index (χ0v) is 19.2. The minimum atomic E-state index is -0.783. The van der Waals surface area contributed by atoms with E-state index in [1.807, 2.05) is 0 Å². The monoisotopic (exact) mass is 493 g/mol. The fraction of sp³-hybridized carbons (Fsp3) is 0.350. The lowest BCUT2D eigenvalue weighted by molar-refractivity contribution is -0.171. The molecule has 0 aromatic heterocycles. The van der Waals surface area contributed by atoms with E-state index in [-0.39, 0.29) is 50.8 Å². The van der Waals surface area contributed by atoms with Crippen LogP contribution in [0.2, 0.25) is 10.0 Å². The van der Waals surface area contributed by atoms with Gasteiger partial charge in [0.25, 0.3) is 0 Å². The topological polar surface area (TPSA) is 119 Å². The summed E-state index contributed by atoms with van der Waals surface area (Å²) in [7, 11) is 0. The fourth-order valence-electron chi connectivity index (χ4n) is 2.92. The van der Waals surface area contributed by atoms with E-state index in [2.05, 4.69) is 0 Å². The van der Waals surface area contributed by atoms with Gasteiger partial charge in [-0.15, -0.1) is 12.4 Å². The number of esters is 1. The number of nitrogens with two attached hydrogens (primary N) is 1. The highest BCUT2D eigenvalue weighted by atomic mass is 35.5. The number of carbonyl (C=O) groups is 1. The van der Waals surface area contributed by atoms with Gasteiger partial charge in [-0.2, -0.15) is 10.1 Å². The number of halogens is 3. The molecule has 2 rings (SSSR count). The Labute approximate surface area is 197 Å². The van der Waals surface area contributed by atoms with Crippen LogP contribution in [0.25, 0.3) is 0 Å². The summed E-state index contributed by atoms with van der Waals surface area (Å²) in [4.78, 5) is 12.0. The number of aromatic hydroxyl groups is 1. The number of carbonyl (C=O) groups excluding carboxylic acids is 1. The first-order valence-electron chi connectivity index (χ1n) is 9.28. The van der Waals surface area contributed by atoms with Crippen molar-refractivity contribution in [2.75, 3.05) is 25.4 Å². The fourth-order valence-corrected chi connectivity index (χ4v) is 3.47. The third-order valence-electron chi connectivity index (χ3n) is 4.34. The molecule has 0 saturated heterocycles. The second kappa shape index (κ2) is 12.9. The molecule has 0 aliphatic rings. The first-order valence-corrected chi connectivity index (χ1v) is 10.0. The first kappa shape index (κ1) is 27.3. The van der Waals surface area contributed by atoms with Crippen molar-refractivity contribution in [1.82, 2.24) is 10.1 Å². The predicted octanol–water partition coefficient (Wildman–Crippen LogP) is 4.28. The summed E-state index contributed by atoms with van der Waals surface area (Å²) in [5.41, 5.74) is 7.12. The number of ether oxygens (including phenoxy) is 1. The molecule has 0 heterocycles. The molecule has 2 aromatic rings. The Bertz CT molecular complexity index is 852. The van der Waals surface area contributed by atoms with E-state index in [4.69, 9.17) is 33.7 Å². The maximum atomic E-state index is 12.0. The van der Waals surface area contributed by atoms with Gasteiger partial charge in [0.05, 0.1) is 25.6 Å². The van der Waals surface area contributed by atoms with Gasteiger partial charge >= 0.3 is 5.97 Å². The van der Waals surface area contributed by atoms with Gasteiger partial charge in [-0.1, -0.05) is 23.2 Å². The van der Waals surface area contributed by atoms with Crippen LogP contribution in [0.4, 0.5) is 5.69 Å². The quantitative estimate of drug-likeness (QED) is 0.167. The summed E-state index contributed by atoms with van der Waals surface area (Å²) >= 11 is 12.1. The molecule has 172 valence electrons. The van der Waals surface area contributed by atoms with Crippen LogP contribution in [0.3, 0.4) is 0 Å². The summed E-state index contributed by atoms with van der Waals surface area (Å²) in [5.74, 6) is -0.499. The van der Waals surface area contributed by atoms with Crippen LogP contribution in [0.1, 0.15) is 30.5 Å². The Hall–Kier alpha value is -1.78. The SMILES string of the molecule is CCOC(=O)CC(c1cc(Cl)cc(Cl)c1)N(O)CCN(O)Cc1cc(N)ccc1O.Cl. The molecule has 2 aromatic carbocycles. The highest BCUT2D eigenvalue weighted by Crippen LogP contribution is 2.29. The van der Waals surface area contributed by atoms with Crippen LogP contribution in [-0.4, -0.2) is 51.3 Å². The van der Waals surface area contributed by atoms with Gasteiger partial charge in [0, 0.05) is 34.4 Å². The average molecular weight is 495 g/mol. The first-order chi connectivity index (χ1) is 14.2. The normalized spacial score (nSPS) is 12.0. The highest BCUT2D eigenvalue weighted by Gasteiger charge is 2.24. The number of phenolic OH excluding ortho intramolecular Hbond substituents is 1. The van der Waals surface area contributed by atoms with Crippen molar-refractivity contribution >= 4 is 47.3 Å². The van der Waals surface area contributed by atoms with E-state index < -0.39 is 12.0 Å². The summed E-state index contributed by atoms with van der Waals surface area (Å²) in [6, 6.07) is 8.50. The number of hydroxylamine groups is 4. The summed E-state index contributed by atoms with van der Waals surface area (Å²) < 4.78 is 4.99. The van der Waals surface area contributed by atoms with Crippen LogP contribution in [0.15, 0.2) is 36.4 Å². The Morgan fingerprint density at radius 1 is 1.13 bits per heavy atom. The summed E-state index contributed by atoms with van der Waals surface area (Å²) in [6.45, 7) is 1.89. The molecular weight excluding hydrogens is 469 g/mol. The number of phenols is 1. The molecule has 0 amide bonds. The highest BCUT2D eigenvalue weighted by molar-refractivity contribution is 6.34. The van der Waals surface area contributed by atoms with E-state index in [1.165, 1.54) is 6.07 Å². The van der Waals surface area contributed by atoms with Gasteiger partial charge in [-0.05, 0) is 48.9 Å². The zero-order chi connectivity index (χ0) is 22.3. The minimum Gasteiger partial charge on any atom is -0.508 e. The predicted molar refractivity (Wildman–Crippen MR) is 121 cm³/mol. The standard InChI is InChI=1S/C20H25Cl2N3O5.ClH/c1-2-30-20(27)11-18(13-7-15(21)10-16(22)8-13)25(29)6-5-24(28)12-14-9-17(23)3-4-19(14)26;/h3-4,7-10,18,26,28-29H,2,5-6,11-12,23H2,1H3;1H. The maximum Gasteiger partial charge on any atom is 0.307 e. The summed E-state index contributed by atoms with van der Waals surface area (Å²) in [5, 5.41) is 33.2. The third kappa shape index (κ3) is 8.70. The van der Waals surface area contributed by atoms with Crippen LogP contribution in [0.5, 0.6) is 5.75 Å². The van der Waals surface area contributed by atoms with Gasteiger partial charge in [-0.3, -0.25) is 4.79 Å². The van der Waals surface area contributed by atoms with E-state index in [0.717, 1.165) is 10.1 Å². The van der Waals surface area contributed by atoms with Gasteiger partial charge in [-0.25, -0.2) is 0 Å². The van der Waals surface area contributed by atoms with Crippen LogP contribution in [-0.2, 0) is 16.1 Å². The molecular formula is C20H26Cl3N3O5. The number of anilines is 1. The lowest BCUT2D eigenvalue weighted by Gasteiger charge is -2.27. The third-order valence-corrected chi connectivity index (χ3v) is 4.77. The van der Waals surface area contributed by atoms with Gasteiger partial charge in [0.1, 0.15) is 5.75 Å². The molecule has 0 radical (unpaired) electrons. The lowest BCUT2D eigenvalue weighted by atomic mass is 10.0. The van der Waals surface area contributed by atoms with Crippen LogP contribution < -0.4 is 5.73 Å². The minimum absolute atomic E-state index is 0. The maximum absolute atomic E-state index is 12.0. The second-order valence-electron chi connectivity index (χ2n) is 6.67. The molecule has 0 fully saturated rings. The van der Waals surface area contributed by atoms with E-state index in [1.54, 1.807) is 37.3 Å². The molecule has 1 unspecified atom stereocenters. The number of benzene rings is 2. The second-order valence-corrected chi connectivity index (χ2v) is 7.54. The average Bonchev–Trinajstić information content (AvgIpc) is 2.66. The van der Waals surface area contributed by atoms with E-state index in [9.17, 15) is 20.3 Å². The Morgan fingerprint density at radius 2 is 1.77 bits per heavy atom. The molecule has 31 heavy (non-hydrogen) atoms.